The summed E-state index contributed by atoms with van der Waals surface area (Å²) in [6, 6.07) is 45.3. The Hall–Kier alpha value is -10.3. The molecule has 2 saturated carbocycles. The summed E-state index contributed by atoms with van der Waals surface area (Å²) in [5.41, 5.74) is 12.4. The number of carboxylic acid groups (broad SMARTS) is 1. The van der Waals surface area contributed by atoms with Gasteiger partial charge in [0.1, 0.15) is 0 Å². The average Bonchev–Trinajstić information content (AvgIpc) is 1.68. The van der Waals surface area contributed by atoms with Gasteiger partial charge in [-0.25, -0.2) is 43.4 Å². The number of benzene rings is 4. The Bertz CT molecular complexity index is 5070. The van der Waals surface area contributed by atoms with Gasteiger partial charge >= 0.3 is 17.3 Å². The molecule has 2 aliphatic rings. The predicted molar refractivity (Wildman–Crippen MR) is 456 cm³/mol. The molecule has 604 valence electrons. The van der Waals surface area contributed by atoms with E-state index in [1.54, 1.807) is 12.4 Å². The minimum absolute atomic E-state index is 0. The fourth-order valence-electron chi connectivity index (χ4n) is 14.0. The number of nitrogens with zero attached hydrogens (tertiary/aromatic N) is 4. The molecule has 0 aliphatic heterocycles. The second-order valence-electron chi connectivity index (χ2n) is 33.0. The zero-order valence-electron chi connectivity index (χ0n) is 68.0. The number of aromatic nitrogens is 8. The Morgan fingerprint density at radius 1 is 0.539 bits per heavy atom. The molecule has 2 fully saturated rings. The summed E-state index contributed by atoms with van der Waals surface area (Å²) in [6.07, 6.45) is 32.3. The molecule has 0 saturated heterocycles. The topological polar surface area (TPSA) is 263 Å². The highest BCUT2D eigenvalue weighted by Crippen LogP contribution is 2.46. The number of carboxylic acids is 1. The first kappa shape index (κ1) is 90.3. The molecule has 23 heteroatoms. The summed E-state index contributed by atoms with van der Waals surface area (Å²) in [5, 5.41) is 39.9. The van der Waals surface area contributed by atoms with Gasteiger partial charge in [0.2, 0.25) is 34.2 Å². The molecule has 19 nitrogen and oxygen atoms in total. The predicted octanol–water partition coefficient (Wildman–Crippen LogP) is 11.1. The molecule has 3 atom stereocenters. The number of carbonyl (C=O) groups is 3. The Morgan fingerprint density at radius 3 is 1.20 bits per heavy atom. The van der Waals surface area contributed by atoms with Crippen molar-refractivity contribution in [3.05, 3.63) is 214 Å². The quantitative estimate of drug-likeness (QED) is 0.0107. The van der Waals surface area contributed by atoms with Gasteiger partial charge in [-0.1, -0.05) is 146 Å². The first-order chi connectivity index (χ1) is 53.8. The van der Waals surface area contributed by atoms with Crippen LogP contribution in [0.3, 0.4) is 0 Å². The Kier molecular flexibility index (Phi) is 30.6. The number of hydrogen-bond acceptors (Lipinski definition) is 10. The van der Waals surface area contributed by atoms with Crippen molar-refractivity contribution in [2.45, 2.75) is 223 Å². The molecule has 12 rings (SSSR count). The van der Waals surface area contributed by atoms with Gasteiger partial charge in [-0.3, -0.25) is 9.59 Å². The van der Waals surface area contributed by atoms with Crippen LogP contribution in [-0.4, -0.2) is 92.1 Å². The first-order valence-corrected chi connectivity index (χ1v) is 45.1. The largest absolute Gasteiger partial charge is 1.00 e. The van der Waals surface area contributed by atoms with E-state index in [1.165, 1.54) is 8.80 Å². The van der Waals surface area contributed by atoms with E-state index in [9.17, 15) is 29.1 Å². The van der Waals surface area contributed by atoms with Gasteiger partial charge in [0.15, 0.2) is 27.9 Å². The number of rotatable bonds is 30. The lowest BCUT2D eigenvalue weighted by molar-refractivity contribution is -0.330. The molecule has 4 aromatic carbocycles. The number of amides is 2. The third-order valence-corrected chi connectivity index (χ3v) is 32.2. The van der Waals surface area contributed by atoms with Crippen LogP contribution >= 0.6 is 0 Å². The second kappa shape index (κ2) is 38.9. The van der Waals surface area contributed by atoms with E-state index in [4.69, 9.17) is 33.2 Å². The molecule has 2 aliphatic carbocycles. The summed E-state index contributed by atoms with van der Waals surface area (Å²) < 4.78 is 16.6. The minimum Gasteiger partial charge on any atom is -1.00 e. The van der Waals surface area contributed by atoms with Crippen LogP contribution in [0.15, 0.2) is 192 Å². The fraction of sp³-hybridized carbons (Fsp3) is 0.380. The zero-order chi connectivity index (χ0) is 81.6. The third-order valence-electron chi connectivity index (χ3n) is 23.3. The smallest absolute Gasteiger partial charge is 0.347 e. The molecule has 0 radical (unpaired) electrons. The maximum absolute atomic E-state index is 14.0. The average molecular weight is 1630 g/mol. The lowest BCUT2D eigenvalue weighted by Gasteiger charge is -2.44. The van der Waals surface area contributed by atoms with Crippen molar-refractivity contribution in [3.8, 4) is 81.8 Å². The van der Waals surface area contributed by atoms with Crippen LogP contribution in [0.25, 0.3) is 77.9 Å². The number of pyridine rings is 4. The number of H-pyrrole nitrogens is 4. The number of halogens is 2. The molecular formula is C92H110Cl2N10O9Si2. The number of hydrogen-bond donors (Lipinski definition) is 6. The van der Waals surface area contributed by atoms with Gasteiger partial charge in [0, 0.05) is 66.1 Å². The van der Waals surface area contributed by atoms with E-state index >= 15 is 0 Å². The minimum atomic E-state index is -2.16. The van der Waals surface area contributed by atoms with E-state index in [0.717, 1.165) is 168 Å². The van der Waals surface area contributed by atoms with E-state index in [2.05, 4.69) is 231 Å². The number of aliphatic hydroxyl groups excluding tert-OH is 1. The number of aromatic amines is 4. The first-order valence-electron chi connectivity index (χ1n) is 39.3. The second-order valence-corrected chi connectivity index (χ2v) is 42.5. The standard InChI is InChI=1S/2C41H47N5O3Si.C10H14O3.2ClH/c2*1-8-9-10-14-18-35(49-50(6,7)40(3,4)5)28(2)38(47)43-41(24-15-25-41)31-21-19-30(20-22-31)36-32(29-16-12-11-13-17-29)27-33-34(42-36)23-26-46-37(33)44-45-39(46)48;1-3-4-5-6-7-9(11)8(2)10(12)13;;/h2*1,11-13,16-17,19-23,26-27,35H,2,9-10,14-15,18,24-25H2,3-7H3,(H,43,47)(H,45,48);1,9,11H,2,4-7H2,(H,12,13);2*1H. The van der Waals surface area contributed by atoms with Gasteiger partial charge in [0.25, 0.3) is 0 Å². The van der Waals surface area contributed by atoms with Crippen molar-refractivity contribution in [2.24, 2.45) is 0 Å². The van der Waals surface area contributed by atoms with Crippen LogP contribution in [0.5, 0.6) is 0 Å². The van der Waals surface area contributed by atoms with E-state index in [-0.39, 0.29) is 75.9 Å². The van der Waals surface area contributed by atoms with Crippen LogP contribution in [0, 0.1) is 37.0 Å². The molecule has 2 amide bonds. The third kappa shape index (κ3) is 21.1. The van der Waals surface area contributed by atoms with Crippen LogP contribution in [0.2, 0.25) is 36.3 Å². The molecule has 6 aromatic heterocycles. The molecule has 0 spiro atoms. The Labute approximate surface area is 690 Å². The van der Waals surface area contributed by atoms with E-state index in [0.29, 0.717) is 48.1 Å². The summed E-state index contributed by atoms with van der Waals surface area (Å²) in [5.74, 6) is 6.47. The van der Waals surface area contributed by atoms with Crippen LogP contribution in [-0.2, 0) is 34.3 Å². The van der Waals surface area contributed by atoms with Crippen molar-refractivity contribution in [2.75, 3.05) is 0 Å². The molecule has 3 unspecified atom stereocenters. The molecule has 115 heavy (non-hydrogen) atoms. The monoisotopic (exact) mass is 1620 g/mol. The molecule has 0 bridgehead atoms. The van der Waals surface area contributed by atoms with Gasteiger partial charge in [-0.2, -0.15) is 10.2 Å². The van der Waals surface area contributed by atoms with Gasteiger partial charge in [-0.15, -0.1) is 37.0 Å². The summed E-state index contributed by atoms with van der Waals surface area (Å²) in [6.45, 7) is 34.0. The van der Waals surface area contributed by atoms with E-state index < -0.39 is 39.8 Å². The normalized spacial score (nSPS) is 14.3. The van der Waals surface area contributed by atoms with Gasteiger partial charge < -0.3 is 54.5 Å². The zero-order valence-corrected chi connectivity index (χ0v) is 71.5. The number of carbonyl (C=O) groups excluding carboxylic acids is 2. The van der Waals surface area contributed by atoms with Gasteiger partial charge in [0.05, 0.1) is 56.9 Å². The van der Waals surface area contributed by atoms with Gasteiger partial charge in [-0.05, 0) is 191 Å². The Morgan fingerprint density at radius 2 is 0.887 bits per heavy atom. The number of fused-ring (bicyclic) bond motifs is 6. The van der Waals surface area contributed by atoms with Crippen molar-refractivity contribution >= 4 is 67.5 Å². The van der Waals surface area contributed by atoms with Crippen LogP contribution < -0.4 is 56.8 Å². The molecule has 6 heterocycles. The SMILES string of the molecule is C#CCCCCC(O)C(=C)C(=O)O.C#CCCCCC(O[Si](C)(C)C(C)(C)C)C(=C)C(=O)NC1(c2ccc(-c3[nH+]c4ccn5c(=O)[nH]nc5c4cc3-c3ccccc3)cc2)CCC1.C#CCCCCC(O[Si](C)(C)C(C)(C)C)C(=C)C(=O)NC1(c2ccc(-c3[nH+]c4ccn5c(=O)[nH]nc5c4cc3-c3ccccc3)cc2)CCC1.[Cl-].[Cl-]. The Balaban J connectivity index is 0.000000245. The number of nitrogens with one attached hydrogen (secondary N) is 6. The summed E-state index contributed by atoms with van der Waals surface area (Å²) in [4.78, 5) is 70.1. The van der Waals surface area contributed by atoms with E-state index in [1.807, 2.05) is 48.5 Å². The van der Waals surface area contributed by atoms with Crippen LogP contribution in [0.1, 0.15) is 168 Å². The highest BCUT2D eigenvalue weighted by Gasteiger charge is 2.46. The number of aliphatic carboxylic acids is 1. The summed E-state index contributed by atoms with van der Waals surface area (Å²) in [7, 11) is -4.33. The maximum atomic E-state index is 14.0. The molecular weight excluding hydrogens is 1520 g/mol. The molecule has 8 N–H and O–H groups in total. The van der Waals surface area contributed by atoms with Crippen molar-refractivity contribution in [1.82, 2.24) is 39.8 Å². The van der Waals surface area contributed by atoms with Crippen molar-refractivity contribution in [3.63, 3.8) is 0 Å². The maximum Gasteiger partial charge on any atom is 0.347 e. The number of terminal acetylenes is 3. The highest BCUT2D eigenvalue weighted by molar-refractivity contribution is 6.74. The lowest BCUT2D eigenvalue weighted by atomic mass is 9.71. The summed E-state index contributed by atoms with van der Waals surface area (Å²) >= 11 is 0. The molecule has 10 aromatic rings. The lowest BCUT2D eigenvalue weighted by Crippen LogP contribution is -3.00. The van der Waals surface area contributed by atoms with Crippen molar-refractivity contribution in [1.29, 1.82) is 0 Å². The number of aliphatic hydroxyl groups is 1. The van der Waals surface area contributed by atoms with Crippen molar-refractivity contribution < 1.29 is 68.2 Å². The highest BCUT2D eigenvalue weighted by atomic mass is 35.5. The number of unbranched alkanes of at least 4 members (excludes halogenated alkanes) is 6. The van der Waals surface area contributed by atoms with Crippen LogP contribution in [0.4, 0.5) is 0 Å². The fourth-order valence-corrected chi connectivity index (χ4v) is 16.6.